The molecule has 1 aliphatic rings. The highest BCUT2D eigenvalue weighted by atomic mass is 16.5. The summed E-state index contributed by atoms with van der Waals surface area (Å²) < 4.78 is 5.61. The number of nitrogens with zero attached hydrogens (tertiary/aromatic N) is 2. The molecule has 0 bridgehead atoms. The number of carbonyl (C=O) groups excluding carboxylic acids is 1. The quantitative estimate of drug-likeness (QED) is 0.789. The summed E-state index contributed by atoms with van der Waals surface area (Å²) in [5.41, 5.74) is 2.46. The standard InChI is InChI=1S/C19H20N4O2/c20-11-3-4-13-25-17-8-5-12-21-18(17)23-19(24)22-16-10-9-14-6-1-2-7-15(14)16/h1-2,5-8,12,16H,3-4,9-10,13H2,(H2,21,22,23,24)/t16-/m0/s1. The first-order chi connectivity index (χ1) is 12.3. The van der Waals surface area contributed by atoms with E-state index < -0.39 is 0 Å². The molecule has 1 heterocycles. The van der Waals surface area contributed by atoms with Gasteiger partial charge in [0, 0.05) is 12.6 Å². The zero-order valence-corrected chi connectivity index (χ0v) is 13.9. The van der Waals surface area contributed by atoms with Gasteiger partial charge in [0.2, 0.25) is 0 Å². The molecule has 1 aromatic carbocycles. The molecular weight excluding hydrogens is 316 g/mol. The second-order valence-corrected chi connectivity index (χ2v) is 5.85. The van der Waals surface area contributed by atoms with Crippen LogP contribution in [-0.2, 0) is 6.42 Å². The molecule has 0 spiro atoms. The fourth-order valence-corrected chi connectivity index (χ4v) is 2.94. The fourth-order valence-electron chi connectivity index (χ4n) is 2.94. The number of urea groups is 1. The minimum absolute atomic E-state index is 0.0138. The van der Waals surface area contributed by atoms with Crippen LogP contribution in [-0.4, -0.2) is 17.6 Å². The number of amides is 2. The average molecular weight is 336 g/mol. The van der Waals surface area contributed by atoms with Crippen molar-refractivity contribution in [3.05, 3.63) is 53.7 Å². The molecule has 1 aromatic heterocycles. The molecule has 1 aliphatic carbocycles. The summed E-state index contributed by atoms with van der Waals surface area (Å²) in [5.74, 6) is 0.880. The van der Waals surface area contributed by atoms with E-state index in [4.69, 9.17) is 10.00 Å². The molecule has 3 rings (SSSR count). The Morgan fingerprint density at radius 1 is 1.32 bits per heavy atom. The van der Waals surface area contributed by atoms with Gasteiger partial charge in [-0.2, -0.15) is 5.26 Å². The van der Waals surface area contributed by atoms with Gasteiger partial charge in [0.05, 0.1) is 18.7 Å². The van der Waals surface area contributed by atoms with Gasteiger partial charge in [0.1, 0.15) is 0 Å². The van der Waals surface area contributed by atoms with Crippen LogP contribution in [0.4, 0.5) is 10.6 Å². The monoisotopic (exact) mass is 336 g/mol. The van der Waals surface area contributed by atoms with Crippen LogP contribution in [0.1, 0.15) is 36.4 Å². The number of rotatable bonds is 6. The normalized spacial score (nSPS) is 15.1. The minimum Gasteiger partial charge on any atom is -0.490 e. The number of anilines is 1. The molecule has 2 amide bonds. The Labute approximate surface area is 146 Å². The predicted octanol–water partition coefficient (Wildman–Crippen LogP) is 3.57. The van der Waals surface area contributed by atoms with Crippen LogP contribution in [0, 0.1) is 11.3 Å². The third-order valence-corrected chi connectivity index (χ3v) is 4.13. The summed E-state index contributed by atoms with van der Waals surface area (Å²) in [4.78, 5) is 16.5. The fraction of sp³-hybridized carbons (Fsp3) is 0.316. The highest BCUT2D eigenvalue weighted by molar-refractivity contribution is 5.90. The molecule has 0 radical (unpaired) electrons. The highest BCUT2D eigenvalue weighted by Crippen LogP contribution is 2.30. The van der Waals surface area contributed by atoms with Crippen LogP contribution < -0.4 is 15.4 Å². The smallest absolute Gasteiger partial charge is 0.320 e. The van der Waals surface area contributed by atoms with Gasteiger partial charge in [-0.15, -0.1) is 0 Å². The summed E-state index contributed by atoms with van der Waals surface area (Å²) in [6, 6.07) is 13.4. The van der Waals surface area contributed by atoms with E-state index in [2.05, 4.69) is 33.8 Å². The Hall–Kier alpha value is -3.07. The van der Waals surface area contributed by atoms with E-state index in [1.54, 1.807) is 18.3 Å². The summed E-state index contributed by atoms with van der Waals surface area (Å²) in [7, 11) is 0. The third-order valence-electron chi connectivity index (χ3n) is 4.13. The van der Waals surface area contributed by atoms with E-state index in [1.807, 2.05) is 12.1 Å². The van der Waals surface area contributed by atoms with E-state index in [9.17, 15) is 4.79 Å². The first-order valence-electron chi connectivity index (χ1n) is 8.38. The van der Waals surface area contributed by atoms with Crippen LogP contribution in [0.25, 0.3) is 0 Å². The molecule has 25 heavy (non-hydrogen) atoms. The van der Waals surface area contributed by atoms with Crippen LogP contribution in [0.2, 0.25) is 0 Å². The van der Waals surface area contributed by atoms with Gasteiger partial charge in [0.25, 0.3) is 0 Å². The number of carbonyl (C=O) groups is 1. The van der Waals surface area contributed by atoms with Crippen LogP contribution in [0.5, 0.6) is 5.75 Å². The average Bonchev–Trinajstić information content (AvgIpc) is 3.03. The predicted molar refractivity (Wildman–Crippen MR) is 94.2 cm³/mol. The number of aromatic nitrogens is 1. The topological polar surface area (TPSA) is 87.0 Å². The SMILES string of the molecule is N#CCCCOc1cccnc1NC(=O)N[C@H]1CCc2ccccc21. The minimum atomic E-state index is -0.303. The van der Waals surface area contributed by atoms with E-state index >= 15 is 0 Å². The molecule has 6 nitrogen and oxygen atoms in total. The van der Waals surface area contributed by atoms with Gasteiger partial charge in [-0.25, -0.2) is 9.78 Å². The van der Waals surface area contributed by atoms with Crippen molar-refractivity contribution in [2.45, 2.75) is 31.7 Å². The highest BCUT2D eigenvalue weighted by Gasteiger charge is 2.23. The lowest BCUT2D eigenvalue weighted by Crippen LogP contribution is -2.32. The lowest BCUT2D eigenvalue weighted by molar-refractivity contribution is 0.248. The molecule has 128 valence electrons. The Bertz CT molecular complexity index is 785. The van der Waals surface area contributed by atoms with Crippen LogP contribution >= 0.6 is 0 Å². The number of nitrogens with one attached hydrogen (secondary N) is 2. The molecule has 1 atom stereocenters. The zero-order chi connectivity index (χ0) is 17.5. The first-order valence-corrected chi connectivity index (χ1v) is 8.38. The van der Waals surface area contributed by atoms with E-state index in [1.165, 1.54) is 11.1 Å². The first kappa shape index (κ1) is 16.8. The molecule has 0 unspecified atom stereocenters. The van der Waals surface area contributed by atoms with Gasteiger partial charge >= 0.3 is 6.03 Å². The maximum atomic E-state index is 12.3. The summed E-state index contributed by atoms with van der Waals surface area (Å²) in [6.45, 7) is 0.408. The van der Waals surface area contributed by atoms with E-state index in [0.717, 1.165) is 12.8 Å². The van der Waals surface area contributed by atoms with Crippen molar-refractivity contribution in [3.8, 4) is 11.8 Å². The summed E-state index contributed by atoms with van der Waals surface area (Å²) in [5, 5.41) is 14.3. The molecule has 0 saturated heterocycles. The lowest BCUT2D eigenvalue weighted by Gasteiger charge is -2.16. The van der Waals surface area contributed by atoms with Crippen molar-refractivity contribution < 1.29 is 9.53 Å². The third kappa shape index (κ3) is 4.27. The summed E-state index contributed by atoms with van der Waals surface area (Å²) >= 11 is 0. The second kappa shape index (κ2) is 8.15. The van der Waals surface area contributed by atoms with Crippen LogP contribution in [0.15, 0.2) is 42.6 Å². The second-order valence-electron chi connectivity index (χ2n) is 5.85. The van der Waals surface area contributed by atoms with Crippen molar-refractivity contribution in [2.75, 3.05) is 11.9 Å². The molecule has 0 aliphatic heterocycles. The molecule has 0 fully saturated rings. The Morgan fingerprint density at radius 2 is 2.20 bits per heavy atom. The Kier molecular flexibility index (Phi) is 5.47. The van der Waals surface area contributed by atoms with Crippen molar-refractivity contribution in [1.29, 1.82) is 5.26 Å². The maximum Gasteiger partial charge on any atom is 0.320 e. The molecule has 2 N–H and O–H groups in total. The van der Waals surface area contributed by atoms with Gasteiger partial charge in [0.15, 0.2) is 11.6 Å². The maximum absolute atomic E-state index is 12.3. The van der Waals surface area contributed by atoms with Crippen molar-refractivity contribution in [1.82, 2.24) is 10.3 Å². The number of hydrogen-bond acceptors (Lipinski definition) is 4. The lowest BCUT2D eigenvalue weighted by atomic mass is 10.1. The molecule has 6 heteroatoms. The van der Waals surface area contributed by atoms with Gasteiger partial charge in [-0.1, -0.05) is 24.3 Å². The Morgan fingerprint density at radius 3 is 3.08 bits per heavy atom. The number of ether oxygens (including phenoxy) is 1. The van der Waals surface area contributed by atoms with E-state index in [0.29, 0.717) is 31.0 Å². The van der Waals surface area contributed by atoms with Crippen LogP contribution in [0.3, 0.4) is 0 Å². The number of fused-ring (bicyclic) bond motifs is 1. The Balaban J connectivity index is 1.59. The number of pyridine rings is 1. The van der Waals surface area contributed by atoms with Crippen molar-refractivity contribution in [2.24, 2.45) is 0 Å². The summed E-state index contributed by atoms with van der Waals surface area (Å²) in [6.07, 6.45) is 4.54. The number of hydrogen-bond donors (Lipinski definition) is 2. The zero-order valence-electron chi connectivity index (χ0n) is 13.9. The molecular formula is C19H20N4O2. The molecule has 2 aromatic rings. The van der Waals surface area contributed by atoms with Gasteiger partial charge in [-0.05, 0) is 42.5 Å². The van der Waals surface area contributed by atoms with Crippen molar-refractivity contribution >= 4 is 11.8 Å². The van der Waals surface area contributed by atoms with Gasteiger partial charge < -0.3 is 10.1 Å². The number of unbranched alkanes of at least 4 members (excludes halogenated alkanes) is 1. The van der Waals surface area contributed by atoms with Gasteiger partial charge in [-0.3, -0.25) is 5.32 Å². The number of aryl methyl sites for hydroxylation is 1. The largest absolute Gasteiger partial charge is 0.490 e. The van der Waals surface area contributed by atoms with E-state index in [-0.39, 0.29) is 12.1 Å². The number of benzene rings is 1. The molecule has 0 saturated carbocycles. The number of nitriles is 1. The van der Waals surface area contributed by atoms with Crippen molar-refractivity contribution in [3.63, 3.8) is 0 Å².